The number of rotatable bonds is 4. The molecular formula is C15H23ClN2. The summed E-state index contributed by atoms with van der Waals surface area (Å²) in [5.74, 6) is 0. The van der Waals surface area contributed by atoms with Crippen molar-refractivity contribution in [1.29, 1.82) is 0 Å². The third-order valence-corrected chi connectivity index (χ3v) is 4.03. The SMILES string of the molecule is CN(C)c1ccc(C(Cl)CN2CCCCC2)cc1. The molecule has 0 aliphatic carbocycles. The predicted octanol–water partition coefficient (Wildman–Crippen LogP) is 3.52. The lowest BCUT2D eigenvalue weighted by Crippen LogP contribution is -2.32. The van der Waals surface area contributed by atoms with Crippen molar-refractivity contribution in [3.05, 3.63) is 29.8 Å². The second-order valence-electron chi connectivity index (χ2n) is 5.31. The first kappa shape index (κ1) is 13.7. The lowest BCUT2D eigenvalue weighted by atomic mass is 10.1. The molecule has 1 atom stereocenters. The standard InChI is InChI=1S/C15H23ClN2/c1-17(2)14-8-6-13(7-9-14)15(16)12-18-10-4-3-5-11-18/h6-9,15H,3-5,10-12H2,1-2H3. The van der Waals surface area contributed by atoms with Crippen molar-refractivity contribution in [2.24, 2.45) is 0 Å². The van der Waals surface area contributed by atoms with Crippen LogP contribution in [-0.2, 0) is 0 Å². The van der Waals surface area contributed by atoms with Gasteiger partial charge in [0.2, 0.25) is 0 Å². The highest BCUT2D eigenvalue weighted by Crippen LogP contribution is 2.25. The predicted molar refractivity (Wildman–Crippen MR) is 79.7 cm³/mol. The van der Waals surface area contributed by atoms with Crippen molar-refractivity contribution in [2.75, 3.05) is 38.6 Å². The zero-order valence-electron chi connectivity index (χ0n) is 11.4. The van der Waals surface area contributed by atoms with Gasteiger partial charge < -0.3 is 9.80 Å². The van der Waals surface area contributed by atoms with Crippen LogP contribution in [0.25, 0.3) is 0 Å². The Balaban J connectivity index is 1.93. The Kier molecular flexibility index (Phi) is 4.90. The summed E-state index contributed by atoms with van der Waals surface area (Å²) in [5, 5.41) is 0.110. The molecule has 18 heavy (non-hydrogen) atoms. The zero-order chi connectivity index (χ0) is 13.0. The van der Waals surface area contributed by atoms with Crippen LogP contribution in [0.1, 0.15) is 30.2 Å². The van der Waals surface area contributed by atoms with Crippen molar-refractivity contribution in [3.63, 3.8) is 0 Å². The summed E-state index contributed by atoms with van der Waals surface area (Å²) >= 11 is 6.52. The van der Waals surface area contributed by atoms with Gasteiger partial charge >= 0.3 is 0 Å². The van der Waals surface area contributed by atoms with Crippen LogP contribution in [-0.4, -0.2) is 38.6 Å². The van der Waals surface area contributed by atoms with Crippen LogP contribution in [0.2, 0.25) is 0 Å². The molecule has 0 saturated carbocycles. The van der Waals surface area contributed by atoms with Crippen LogP contribution >= 0.6 is 11.6 Å². The van der Waals surface area contributed by atoms with Crippen LogP contribution in [0.5, 0.6) is 0 Å². The number of anilines is 1. The lowest BCUT2D eigenvalue weighted by molar-refractivity contribution is 0.229. The third kappa shape index (κ3) is 3.63. The highest BCUT2D eigenvalue weighted by molar-refractivity contribution is 6.21. The number of piperidine rings is 1. The van der Waals surface area contributed by atoms with Gasteiger partial charge in [-0.3, -0.25) is 0 Å². The second kappa shape index (κ2) is 6.44. The first-order valence-electron chi connectivity index (χ1n) is 6.80. The number of hydrogen-bond donors (Lipinski definition) is 0. The van der Waals surface area contributed by atoms with E-state index >= 15 is 0 Å². The fourth-order valence-corrected chi connectivity index (χ4v) is 2.80. The summed E-state index contributed by atoms with van der Waals surface area (Å²) in [7, 11) is 4.11. The van der Waals surface area contributed by atoms with E-state index in [9.17, 15) is 0 Å². The molecule has 2 rings (SSSR count). The van der Waals surface area contributed by atoms with E-state index in [1.165, 1.54) is 43.6 Å². The highest BCUT2D eigenvalue weighted by Gasteiger charge is 2.15. The maximum absolute atomic E-state index is 6.52. The summed E-state index contributed by atoms with van der Waals surface area (Å²) in [5.41, 5.74) is 2.45. The summed E-state index contributed by atoms with van der Waals surface area (Å²) < 4.78 is 0. The minimum atomic E-state index is 0.110. The summed E-state index contributed by atoms with van der Waals surface area (Å²) in [6, 6.07) is 8.58. The van der Waals surface area contributed by atoms with E-state index in [1.807, 2.05) is 0 Å². The number of nitrogens with zero attached hydrogens (tertiary/aromatic N) is 2. The normalized spacial score (nSPS) is 18.6. The van der Waals surface area contributed by atoms with Gasteiger partial charge in [0, 0.05) is 26.3 Å². The van der Waals surface area contributed by atoms with Crippen LogP contribution in [0.3, 0.4) is 0 Å². The number of alkyl halides is 1. The molecule has 1 aliphatic heterocycles. The molecule has 2 nitrogen and oxygen atoms in total. The Morgan fingerprint density at radius 1 is 1.11 bits per heavy atom. The molecule has 1 saturated heterocycles. The average molecular weight is 267 g/mol. The molecule has 0 amide bonds. The Morgan fingerprint density at radius 3 is 2.28 bits per heavy atom. The zero-order valence-corrected chi connectivity index (χ0v) is 12.2. The van der Waals surface area contributed by atoms with Gasteiger partial charge in [-0.25, -0.2) is 0 Å². The minimum Gasteiger partial charge on any atom is -0.378 e. The molecular weight excluding hydrogens is 244 g/mol. The molecule has 1 fully saturated rings. The quantitative estimate of drug-likeness (QED) is 0.770. The molecule has 0 bridgehead atoms. The lowest BCUT2D eigenvalue weighted by Gasteiger charge is -2.28. The molecule has 100 valence electrons. The van der Waals surface area contributed by atoms with Crippen LogP contribution in [0.4, 0.5) is 5.69 Å². The molecule has 1 aromatic carbocycles. The minimum absolute atomic E-state index is 0.110. The summed E-state index contributed by atoms with van der Waals surface area (Å²) in [6.45, 7) is 3.39. The maximum atomic E-state index is 6.52. The molecule has 0 N–H and O–H groups in total. The first-order chi connectivity index (χ1) is 8.66. The number of benzene rings is 1. The van der Waals surface area contributed by atoms with E-state index in [4.69, 9.17) is 11.6 Å². The molecule has 0 aromatic heterocycles. The van der Waals surface area contributed by atoms with Gasteiger partial charge in [0.05, 0.1) is 5.38 Å². The van der Waals surface area contributed by atoms with Crippen molar-refractivity contribution in [1.82, 2.24) is 4.90 Å². The van der Waals surface area contributed by atoms with Gasteiger partial charge in [0.25, 0.3) is 0 Å². The molecule has 3 heteroatoms. The molecule has 0 radical (unpaired) electrons. The number of likely N-dealkylation sites (tertiary alicyclic amines) is 1. The van der Waals surface area contributed by atoms with Crippen molar-refractivity contribution in [2.45, 2.75) is 24.6 Å². The molecule has 0 spiro atoms. The van der Waals surface area contributed by atoms with Gasteiger partial charge in [-0.15, -0.1) is 11.6 Å². The van der Waals surface area contributed by atoms with E-state index < -0.39 is 0 Å². The Bertz CT molecular complexity index is 355. The van der Waals surface area contributed by atoms with Gasteiger partial charge in [0.1, 0.15) is 0 Å². The molecule has 1 aliphatic rings. The van der Waals surface area contributed by atoms with Crippen LogP contribution < -0.4 is 4.90 Å². The highest BCUT2D eigenvalue weighted by atomic mass is 35.5. The monoisotopic (exact) mass is 266 g/mol. The van der Waals surface area contributed by atoms with Gasteiger partial charge in [-0.1, -0.05) is 18.6 Å². The summed E-state index contributed by atoms with van der Waals surface area (Å²) in [4.78, 5) is 4.60. The maximum Gasteiger partial charge on any atom is 0.0712 e. The number of hydrogen-bond acceptors (Lipinski definition) is 2. The second-order valence-corrected chi connectivity index (χ2v) is 5.84. The van der Waals surface area contributed by atoms with Crippen molar-refractivity contribution in [3.8, 4) is 0 Å². The first-order valence-corrected chi connectivity index (χ1v) is 7.24. The topological polar surface area (TPSA) is 6.48 Å². The van der Waals surface area contributed by atoms with Gasteiger partial charge in [0.15, 0.2) is 0 Å². The molecule has 1 unspecified atom stereocenters. The Hall–Kier alpha value is -0.730. The van der Waals surface area contributed by atoms with Gasteiger partial charge in [-0.05, 0) is 43.6 Å². The number of halogens is 1. The van der Waals surface area contributed by atoms with E-state index in [2.05, 4.69) is 48.2 Å². The smallest absolute Gasteiger partial charge is 0.0712 e. The molecule has 1 heterocycles. The van der Waals surface area contributed by atoms with E-state index in [0.717, 1.165) is 6.54 Å². The van der Waals surface area contributed by atoms with Crippen molar-refractivity contribution < 1.29 is 0 Å². The Morgan fingerprint density at radius 2 is 1.72 bits per heavy atom. The average Bonchev–Trinajstić information content (AvgIpc) is 2.40. The largest absolute Gasteiger partial charge is 0.378 e. The fraction of sp³-hybridized carbons (Fsp3) is 0.600. The van der Waals surface area contributed by atoms with E-state index in [1.54, 1.807) is 0 Å². The van der Waals surface area contributed by atoms with Crippen LogP contribution in [0.15, 0.2) is 24.3 Å². The fourth-order valence-electron chi connectivity index (χ4n) is 2.46. The van der Waals surface area contributed by atoms with Gasteiger partial charge in [-0.2, -0.15) is 0 Å². The van der Waals surface area contributed by atoms with Crippen molar-refractivity contribution >= 4 is 17.3 Å². The third-order valence-electron chi connectivity index (χ3n) is 3.64. The summed E-state index contributed by atoms with van der Waals surface area (Å²) in [6.07, 6.45) is 4.02. The molecule has 1 aromatic rings. The van der Waals surface area contributed by atoms with Crippen LogP contribution in [0, 0.1) is 0 Å². The Labute approximate surface area is 116 Å². The van der Waals surface area contributed by atoms with E-state index in [0.29, 0.717) is 0 Å². The van der Waals surface area contributed by atoms with E-state index in [-0.39, 0.29) is 5.38 Å².